The van der Waals surface area contributed by atoms with E-state index in [2.05, 4.69) is 10.2 Å². The Morgan fingerprint density at radius 3 is 2.68 bits per heavy atom. The Balaban J connectivity index is 1.65. The molecule has 0 aromatic rings. The van der Waals surface area contributed by atoms with Crippen molar-refractivity contribution in [2.45, 2.75) is 32.1 Å². The number of rotatable bonds is 7. The monoisotopic (exact) mass is 311 g/mol. The Kier molecular flexibility index (Phi) is 7.12. The maximum absolute atomic E-state index is 12.0. The van der Waals surface area contributed by atoms with Gasteiger partial charge in [-0.05, 0) is 25.9 Å². The number of hydrogen-bond acceptors (Lipinski definition) is 4. The van der Waals surface area contributed by atoms with Crippen molar-refractivity contribution in [3.63, 3.8) is 0 Å². The van der Waals surface area contributed by atoms with Gasteiger partial charge in [0.25, 0.3) is 0 Å². The number of carbonyl (C=O) groups is 2. The van der Waals surface area contributed by atoms with Crippen LogP contribution in [-0.4, -0.2) is 74.6 Å². The van der Waals surface area contributed by atoms with Crippen molar-refractivity contribution in [1.29, 1.82) is 0 Å². The van der Waals surface area contributed by atoms with Crippen LogP contribution in [-0.2, 0) is 14.3 Å². The molecule has 2 rings (SSSR count). The largest absolute Gasteiger partial charge is 0.383 e. The van der Waals surface area contributed by atoms with Crippen LogP contribution >= 0.6 is 0 Å². The number of likely N-dealkylation sites (tertiary alicyclic amines) is 2. The molecule has 0 aromatic carbocycles. The topological polar surface area (TPSA) is 61.9 Å². The molecule has 1 N–H and O–H groups in total. The molecule has 0 unspecified atom stereocenters. The van der Waals surface area contributed by atoms with Crippen molar-refractivity contribution in [1.82, 2.24) is 15.1 Å². The molecule has 2 heterocycles. The molecule has 0 aliphatic carbocycles. The highest BCUT2D eigenvalue weighted by atomic mass is 16.5. The standard InChI is InChI=1S/C16H29N3O3/c1-22-9-8-19-12-14(10-16(19)21)11-17-15(20)13-18-6-4-2-3-5-7-18/h14H,2-13H2,1H3,(H,17,20)/t14-/m0/s1. The van der Waals surface area contributed by atoms with Gasteiger partial charge in [0.2, 0.25) is 11.8 Å². The summed E-state index contributed by atoms with van der Waals surface area (Å²) in [5.41, 5.74) is 0. The molecule has 0 bridgehead atoms. The fraction of sp³-hybridized carbons (Fsp3) is 0.875. The zero-order chi connectivity index (χ0) is 15.8. The van der Waals surface area contributed by atoms with Crippen molar-refractivity contribution in [3.05, 3.63) is 0 Å². The molecule has 6 nitrogen and oxygen atoms in total. The molecule has 0 radical (unpaired) electrons. The van der Waals surface area contributed by atoms with E-state index in [0.29, 0.717) is 32.7 Å². The second kappa shape index (κ2) is 9.10. The first kappa shape index (κ1) is 17.2. The number of carbonyl (C=O) groups excluding carboxylic acids is 2. The van der Waals surface area contributed by atoms with Gasteiger partial charge in [0, 0.05) is 39.1 Å². The zero-order valence-electron chi connectivity index (χ0n) is 13.7. The Bertz CT molecular complexity index is 368. The summed E-state index contributed by atoms with van der Waals surface area (Å²) in [4.78, 5) is 28.0. The van der Waals surface area contributed by atoms with Crippen LogP contribution in [0.2, 0.25) is 0 Å². The molecule has 2 saturated heterocycles. The minimum absolute atomic E-state index is 0.0877. The highest BCUT2D eigenvalue weighted by molar-refractivity contribution is 5.80. The lowest BCUT2D eigenvalue weighted by Crippen LogP contribution is -2.40. The maximum atomic E-state index is 12.0. The van der Waals surface area contributed by atoms with E-state index in [1.54, 1.807) is 7.11 Å². The van der Waals surface area contributed by atoms with Crippen molar-refractivity contribution >= 4 is 11.8 Å². The second-order valence-electron chi connectivity index (χ2n) is 6.40. The number of hydrogen-bond donors (Lipinski definition) is 1. The van der Waals surface area contributed by atoms with Gasteiger partial charge in [-0.2, -0.15) is 0 Å². The van der Waals surface area contributed by atoms with E-state index in [0.717, 1.165) is 19.6 Å². The molecule has 22 heavy (non-hydrogen) atoms. The van der Waals surface area contributed by atoms with Crippen molar-refractivity contribution in [3.8, 4) is 0 Å². The number of nitrogens with zero attached hydrogens (tertiary/aromatic N) is 2. The van der Waals surface area contributed by atoms with E-state index < -0.39 is 0 Å². The van der Waals surface area contributed by atoms with Crippen molar-refractivity contribution in [2.24, 2.45) is 5.92 Å². The maximum Gasteiger partial charge on any atom is 0.234 e. The molecule has 2 aliphatic rings. The van der Waals surface area contributed by atoms with Crippen molar-refractivity contribution < 1.29 is 14.3 Å². The third-order valence-electron chi connectivity index (χ3n) is 4.51. The summed E-state index contributed by atoms with van der Waals surface area (Å²) in [7, 11) is 1.64. The average Bonchev–Trinajstić information content (AvgIpc) is 2.69. The van der Waals surface area contributed by atoms with Gasteiger partial charge >= 0.3 is 0 Å². The molecule has 0 spiro atoms. The van der Waals surface area contributed by atoms with Gasteiger partial charge in [-0.1, -0.05) is 12.8 Å². The lowest BCUT2D eigenvalue weighted by atomic mass is 10.1. The minimum atomic E-state index is 0.0877. The van der Waals surface area contributed by atoms with Gasteiger partial charge in [-0.3, -0.25) is 14.5 Å². The van der Waals surface area contributed by atoms with E-state index in [-0.39, 0.29) is 17.7 Å². The molecule has 0 saturated carbocycles. The van der Waals surface area contributed by atoms with E-state index in [9.17, 15) is 9.59 Å². The molecular formula is C16H29N3O3. The van der Waals surface area contributed by atoms with Crippen molar-refractivity contribution in [2.75, 3.05) is 53.0 Å². The van der Waals surface area contributed by atoms with E-state index in [4.69, 9.17) is 4.74 Å². The lowest BCUT2D eigenvalue weighted by molar-refractivity contribution is -0.128. The van der Waals surface area contributed by atoms with Gasteiger partial charge in [0.15, 0.2) is 0 Å². The van der Waals surface area contributed by atoms with Crippen LogP contribution in [0.25, 0.3) is 0 Å². The first-order valence-corrected chi connectivity index (χ1v) is 8.45. The molecule has 2 aliphatic heterocycles. The summed E-state index contributed by atoms with van der Waals surface area (Å²) >= 11 is 0. The average molecular weight is 311 g/mol. The van der Waals surface area contributed by atoms with Gasteiger partial charge in [0.05, 0.1) is 13.2 Å². The predicted octanol–water partition coefficient (Wildman–Crippen LogP) is 0.474. The van der Waals surface area contributed by atoms with Gasteiger partial charge in [-0.15, -0.1) is 0 Å². The third-order valence-corrected chi connectivity index (χ3v) is 4.51. The van der Waals surface area contributed by atoms with E-state index in [1.807, 2.05) is 4.90 Å². The summed E-state index contributed by atoms with van der Waals surface area (Å²) in [6.45, 7) is 5.09. The normalized spacial score (nSPS) is 23.6. The highest BCUT2D eigenvalue weighted by Gasteiger charge is 2.29. The Morgan fingerprint density at radius 1 is 1.27 bits per heavy atom. The molecule has 2 fully saturated rings. The van der Waals surface area contributed by atoms with Crippen LogP contribution in [0, 0.1) is 5.92 Å². The van der Waals surface area contributed by atoms with E-state index in [1.165, 1.54) is 25.7 Å². The summed E-state index contributed by atoms with van der Waals surface area (Å²) in [5.74, 6) is 0.492. The van der Waals surface area contributed by atoms with Crippen LogP contribution in [0.1, 0.15) is 32.1 Å². The van der Waals surface area contributed by atoms with Gasteiger partial charge < -0.3 is 15.0 Å². The number of methoxy groups -OCH3 is 1. The zero-order valence-corrected chi connectivity index (χ0v) is 13.7. The van der Waals surface area contributed by atoms with Crippen LogP contribution in [0.4, 0.5) is 0 Å². The Morgan fingerprint density at radius 2 is 2.00 bits per heavy atom. The Labute approximate surface area is 133 Å². The quantitative estimate of drug-likeness (QED) is 0.742. The summed E-state index contributed by atoms with van der Waals surface area (Å²) < 4.78 is 5.01. The molecule has 126 valence electrons. The lowest BCUT2D eigenvalue weighted by Gasteiger charge is -2.20. The number of nitrogens with one attached hydrogen (secondary N) is 1. The Hall–Kier alpha value is -1.14. The number of amides is 2. The van der Waals surface area contributed by atoms with Crippen LogP contribution in [0.3, 0.4) is 0 Å². The predicted molar refractivity (Wildman–Crippen MR) is 84.5 cm³/mol. The first-order chi connectivity index (χ1) is 10.7. The summed E-state index contributed by atoms with van der Waals surface area (Å²) in [6, 6.07) is 0. The van der Waals surface area contributed by atoms with E-state index >= 15 is 0 Å². The minimum Gasteiger partial charge on any atom is -0.383 e. The van der Waals surface area contributed by atoms with Crippen LogP contribution in [0.15, 0.2) is 0 Å². The molecule has 1 atom stereocenters. The fourth-order valence-electron chi connectivity index (χ4n) is 3.22. The molecular weight excluding hydrogens is 282 g/mol. The van der Waals surface area contributed by atoms with Crippen LogP contribution in [0.5, 0.6) is 0 Å². The van der Waals surface area contributed by atoms with Crippen LogP contribution < -0.4 is 5.32 Å². The molecule has 6 heteroatoms. The van der Waals surface area contributed by atoms with Gasteiger partial charge in [-0.25, -0.2) is 0 Å². The highest BCUT2D eigenvalue weighted by Crippen LogP contribution is 2.16. The molecule has 2 amide bonds. The molecule has 0 aromatic heterocycles. The first-order valence-electron chi connectivity index (χ1n) is 8.45. The summed E-state index contributed by atoms with van der Waals surface area (Å²) in [5, 5.41) is 3.00. The second-order valence-corrected chi connectivity index (χ2v) is 6.40. The fourth-order valence-corrected chi connectivity index (χ4v) is 3.22. The smallest absolute Gasteiger partial charge is 0.234 e. The van der Waals surface area contributed by atoms with Gasteiger partial charge in [0.1, 0.15) is 0 Å². The number of ether oxygens (including phenoxy) is 1. The summed E-state index contributed by atoms with van der Waals surface area (Å²) in [6.07, 6.45) is 5.48. The SMILES string of the molecule is COCCN1C[C@H](CNC(=O)CN2CCCCCC2)CC1=O. The third kappa shape index (κ3) is 5.57.